The van der Waals surface area contributed by atoms with E-state index in [0.717, 1.165) is 11.8 Å². The maximum atomic E-state index is 13.6. The predicted molar refractivity (Wildman–Crippen MR) is 78.3 cm³/mol. The summed E-state index contributed by atoms with van der Waals surface area (Å²) in [6, 6.07) is 2.78. The third-order valence-corrected chi connectivity index (χ3v) is 3.63. The van der Waals surface area contributed by atoms with Crippen LogP contribution in [-0.4, -0.2) is 15.3 Å². The molecule has 0 saturated carbocycles. The SMILES string of the molecule is C=CCc1cc(C=C2SC(=S)NC2=O)cc(F)c1O. The van der Waals surface area contributed by atoms with Gasteiger partial charge in [0.15, 0.2) is 11.6 Å². The highest BCUT2D eigenvalue weighted by Gasteiger charge is 2.22. The highest BCUT2D eigenvalue weighted by Crippen LogP contribution is 2.29. The fourth-order valence-electron chi connectivity index (χ4n) is 1.65. The molecule has 1 aromatic carbocycles. The van der Waals surface area contributed by atoms with E-state index in [1.54, 1.807) is 12.1 Å². The number of thioether (sulfide) groups is 1. The average Bonchev–Trinajstić information content (AvgIpc) is 2.64. The lowest BCUT2D eigenvalue weighted by molar-refractivity contribution is -0.115. The molecule has 0 spiro atoms. The summed E-state index contributed by atoms with van der Waals surface area (Å²) >= 11 is 5.99. The molecule has 1 aliphatic heterocycles. The number of rotatable bonds is 3. The van der Waals surface area contributed by atoms with Crippen molar-refractivity contribution < 1.29 is 14.3 Å². The van der Waals surface area contributed by atoms with Gasteiger partial charge in [-0.3, -0.25) is 4.79 Å². The number of thiocarbonyl (C=S) groups is 1. The Morgan fingerprint density at radius 3 is 2.84 bits per heavy atom. The summed E-state index contributed by atoms with van der Waals surface area (Å²) < 4.78 is 13.9. The van der Waals surface area contributed by atoms with E-state index < -0.39 is 5.82 Å². The van der Waals surface area contributed by atoms with Crippen LogP contribution in [0.4, 0.5) is 4.39 Å². The molecule has 1 fully saturated rings. The Bertz CT molecular complexity index is 611. The molecule has 0 atom stereocenters. The number of benzene rings is 1. The predicted octanol–water partition coefficient (Wildman–Crippen LogP) is 2.75. The van der Waals surface area contributed by atoms with Crippen LogP contribution in [0.3, 0.4) is 0 Å². The molecule has 0 aromatic heterocycles. The molecule has 6 heteroatoms. The molecule has 0 aliphatic carbocycles. The van der Waals surface area contributed by atoms with Crippen molar-refractivity contribution in [2.24, 2.45) is 0 Å². The van der Waals surface area contributed by atoms with E-state index in [1.165, 1.54) is 12.1 Å². The number of halogens is 1. The molecule has 0 bridgehead atoms. The topological polar surface area (TPSA) is 49.3 Å². The molecular weight excluding hydrogens is 285 g/mol. The van der Waals surface area contributed by atoms with E-state index in [4.69, 9.17) is 12.2 Å². The lowest BCUT2D eigenvalue weighted by Crippen LogP contribution is -2.17. The van der Waals surface area contributed by atoms with Crippen molar-refractivity contribution >= 4 is 40.3 Å². The van der Waals surface area contributed by atoms with E-state index in [1.807, 2.05) is 0 Å². The van der Waals surface area contributed by atoms with Gasteiger partial charge >= 0.3 is 0 Å². The molecule has 19 heavy (non-hydrogen) atoms. The van der Waals surface area contributed by atoms with Gasteiger partial charge in [0.2, 0.25) is 0 Å². The standard InChI is InChI=1S/C13H10FNO2S2/c1-2-3-8-4-7(5-9(14)11(8)16)6-10-12(17)15-13(18)19-10/h2,4-6,16H,1,3H2,(H,15,17,18). The Balaban J connectivity index is 2.41. The molecule has 2 rings (SSSR count). The average molecular weight is 295 g/mol. The van der Waals surface area contributed by atoms with Crippen LogP contribution in [0.1, 0.15) is 11.1 Å². The zero-order chi connectivity index (χ0) is 14.0. The summed E-state index contributed by atoms with van der Waals surface area (Å²) in [5.74, 6) is -1.41. The van der Waals surface area contributed by atoms with Gasteiger partial charge in [-0.15, -0.1) is 6.58 Å². The Labute approximate surface area is 119 Å². The van der Waals surface area contributed by atoms with Crippen molar-refractivity contribution in [2.45, 2.75) is 6.42 Å². The minimum absolute atomic E-state index is 0.297. The van der Waals surface area contributed by atoms with Crippen LogP contribution in [0.25, 0.3) is 6.08 Å². The van der Waals surface area contributed by atoms with Crippen molar-refractivity contribution in [1.29, 1.82) is 0 Å². The number of nitrogens with one attached hydrogen (secondary N) is 1. The molecular formula is C13H10FNO2S2. The summed E-state index contributed by atoms with van der Waals surface area (Å²) in [6.45, 7) is 3.55. The highest BCUT2D eigenvalue weighted by molar-refractivity contribution is 8.26. The van der Waals surface area contributed by atoms with E-state index >= 15 is 0 Å². The molecule has 1 saturated heterocycles. The first-order valence-electron chi connectivity index (χ1n) is 5.38. The van der Waals surface area contributed by atoms with Gasteiger partial charge in [-0.25, -0.2) is 4.39 Å². The number of amides is 1. The second-order valence-electron chi connectivity index (χ2n) is 3.86. The summed E-state index contributed by atoms with van der Waals surface area (Å²) in [5, 5.41) is 12.0. The maximum absolute atomic E-state index is 13.6. The maximum Gasteiger partial charge on any atom is 0.263 e. The molecule has 98 valence electrons. The van der Waals surface area contributed by atoms with Crippen molar-refractivity contribution in [3.63, 3.8) is 0 Å². The number of hydrogen-bond donors (Lipinski definition) is 2. The Morgan fingerprint density at radius 1 is 1.53 bits per heavy atom. The summed E-state index contributed by atoms with van der Waals surface area (Å²) in [7, 11) is 0. The molecule has 1 heterocycles. The van der Waals surface area contributed by atoms with Gasteiger partial charge < -0.3 is 10.4 Å². The number of phenols is 1. The van der Waals surface area contributed by atoms with Gasteiger partial charge in [-0.05, 0) is 30.2 Å². The minimum Gasteiger partial charge on any atom is -0.505 e. The first kappa shape index (κ1) is 13.8. The van der Waals surface area contributed by atoms with Crippen molar-refractivity contribution in [1.82, 2.24) is 5.32 Å². The lowest BCUT2D eigenvalue weighted by Gasteiger charge is -2.05. The van der Waals surface area contributed by atoms with Crippen LogP contribution < -0.4 is 5.32 Å². The van der Waals surface area contributed by atoms with E-state index in [0.29, 0.717) is 26.8 Å². The van der Waals surface area contributed by atoms with E-state index in [9.17, 15) is 14.3 Å². The normalized spacial score (nSPS) is 16.8. The van der Waals surface area contributed by atoms with Crippen LogP contribution in [0, 0.1) is 5.82 Å². The summed E-state index contributed by atoms with van der Waals surface area (Å²) in [5.41, 5.74) is 0.919. The van der Waals surface area contributed by atoms with Gasteiger partial charge in [-0.1, -0.05) is 30.1 Å². The molecule has 1 amide bonds. The number of phenolic OH excluding ortho intramolecular Hbond substituents is 1. The molecule has 0 unspecified atom stereocenters. The van der Waals surface area contributed by atoms with Crippen molar-refractivity contribution in [3.05, 3.63) is 46.6 Å². The zero-order valence-corrected chi connectivity index (χ0v) is 11.4. The lowest BCUT2D eigenvalue weighted by atomic mass is 10.1. The largest absolute Gasteiger partial charge is 0.505 e. The molecule has 3 nitrogen and oxygen atoms in total. The van der Waals surface area contributed by atoms with Crippen LogP contribution in [0.2, 0.25) is 0 Å². The van der Waals surface area contributed by atoms with Gasteiger partial charge in [-0.2, -0.15) is 0 Å². The fraction of sp³-hybridized carbons (Fsp3) is 0.0769. The third kappa shape index (κ3) is 3.02. The van der Waals surface area contributed by atoms with Gasteiger partial charge in [0, 0.05) is 5.56 Å². The fourth-order valence-corrected chi connectivity index (χ4v) is 2.69. The third-order valence-electron chi connectivity index (χ3n) is 2.47. The van der Waals surface area contributed by atoms with Gasteiger partial charge in [0.1, 0.15) is 4.32 Å². The monoisotopic (exact) mass is 295 g/mol. The number of carbonyl (C=O) groups excluding carboxylic acids is 1. The van der Waals surface area contributed by atoms with Crippen LogP contribution in [0.5, 0.6) is 5.75 Å². The van der Waals surface area contributed by atoms with Crippen LogP contribution in [0.15, 0.2) is 29.7 Å². The molecule has 2 N–H and O–H groups in total. The number of carbonyl (C=O) groups is 1. The van der Waals surface area contributed by atoms with Crippen molar-refractivity contribution in [3.8, 4) is 5.75 Å². The quantitative estimate of drug-likeness (QED) is 0.511. The van der Waals surface area contributed by atoms with Crippen LogP contribution in [-0.2, 0) is 11.2 Å². The number of allylic oxidation sites excluding steroid dienone is 1. The smallest absolute Gasteiger partial charge is 0.263 e. The second kappa shape index (κ2) is 5.54. The number of aromatic hydroxyl groups is 1. The zero-order valence-electron chi connectivity index (χ0n) is 9.77. The number of hydrogen-bond acceptors (Lipinski definition) is 4. The second-order valence-corrected chi connectivity index (χ2v) is 5.57. The Kier molecular flexibility index (Phi) is 4.01. The van der Waals surface area contributed by atoms with Crippen molar-refractivity contribution in [2.75, 3.05) is 0 Å². The minimum atomic E-state index is -0.725. The Morgan fingerprint density at radius 2 is 2.26 bits per heavy atom. The van der Waals surface area contributed by atoms with Crippen LogP contribution >= 0.6 is 24.0 Å². The van der Waals surface area contributed by atoms with E-state index in [2.05, 4.69) is 11.9 Å². The van der Waals surface area contributed by atoms with E-state index in [-0.39, 0.29) is 11.7 Å². The molecule has 1 aromatic rings. The first-order valence-corrected chi connectivity index (χ1v) is 6.61. The Hall–Kier alpha value is -1.66. The summed E-state index contributed by atoms with van der Waals surface area (Å²) in [6.07, 6.45) is 3.45. The van der Waals surface area contributed by atoms with Gasteiger partial charge in [0.25, 0.3) is 5.91 Å². The molecule has 0 radical (unpaired) electrons. The summed E-state index contributed by atoms with van der Waals surface area (Å²) in [4.78, 5) is 11.9. The first-order chi connectivity index (χ1) is 9.01. The van der Waals surface area contributed by atoms with Gasteiger partial charge in [0.05, 0.1) is 4.91 Å². The molecule has 1 aliphatic rings. The highest BCUT2D eigenvalue weighted by atomic mass is 32.2.